The number of benzene rings is 1. The van der Waals surface area contributed by atoms with Crippen molar-refractivity contribution in [3.8, 4) is 0 Å². The van der Waals surface area contributed by atoms with Crippen LogP contribution < -0.4 is 10.6 Å². The van der Waals surface area contributed by atoms with E-state index in [1.807, 2.05) is 6.08 Å². The second kappa shape index (κ2) is 9.12. The topological polar surface area (TPSA) is 92.6 Å². The lowest BCUT2D eigenvalue weighted by molar-refractivity contribution is -0.140. The Morgan fingerprint density at radius 3 is 2.34 bits per heavy atom. The number of Topliss-reactive ketones (excluding diaryl/α,β-unsaturated/α-hetero) is 1. The Kier molecular flexibility index (Phi) is 6.74. The van der Waals surface area contributed by atoms with Crippen molar-refractivity contribution in [2.24, 2.45) is 12.0 Å². The van der Waals surface area contributed by atoms with Gasteiger partial charge in [-0.2, -0.15) is 13.2 Å². The van der Waals surface area contributed by atoms with Crippen molar-refractivity contribution in [1.82, 2.24) is 9.88 Å². The minimum atomic E-state index is -4.94. The van der Waals surface area contributed by atoms with Gasteiger partial charge >= 0.3 is 6.18 Å². The van der Waals surface area contributed by atoms with Crippen molar-refractivity contribution >= 4 is 29.5 Å². The molecule has 2 amide bonds. The summed E-state index contributed by atoms with van der Waals surface area (Å²) in [5.74, 6) is -4.05. The first-order valence-corrected chi connectivity index (χ1v) is 10.6. The molecule has 0 saturated carbocycles. The second-order valence-electron chi connectivity index (χ2n) is 8.68. The predicted octanol–water partition coefficient (Wildman–Crippen LogP) is 4.49. The van der Waals surface area contributed by atoms with Crippen LogP contribution in [0.3, 0.4) is 0 Å². The molecule has 1 aliphatic heterocycles. The van der Waals surface area contributed by atoms with Crippen molar-refractivity contribution in [2.75, 3.05) is 5.32 Å². The third-order valence-corrected chi connectivity index (χ3v) is 5.82. The quantitative estimate of drug-likeness (QED) is 0.354. The zero-order valence-electron chi connectivity index (χ0n) is 19.7. The molecule has 7 nitrogen and oxygen atoms in total. The molecule has 0 bridgehead atoms. The van der Waals surface area contributed by atoms with Crippen molar-refractivity contribution in [3.63, 3.8) is 0 Å². The normalized spacial score (nSPS) is 13.6. The molecule has 0 saturated heterocycles. The third kappa shape index (κ3) is 5.03. The smallest absolute Gasteiger partial charge is 0.343 e. The third-order valence-electron chi connectivity index (χ3n) is 5.82. The number of nitrogens with one attached hydrogen (secondary N) is 2. The zero-order chi connectivity index (χ0) is 26.3. The molecule has 0 fully saturated rings. The largest absolute Gasteiger partial charge is 0.419 e. The van der Waals surface area contributed by atoms with Gasteiger partial charge in [0.1, 0.15) is 11.5 Å². The average Bonchev–Trinajstić information content (AvgIpc) is 3.36. The van der Waals surface area contributed by atoms with E-state index in [9.17, 15) is 31.9 Å². The maximum absolute atomic E-state index is 13.6. The number of alkyl halides is 3. The maximum Gasteiger partial charge on any atom is 0.419 e. The van der Waals surface area contributed by atoms with Gasteiger partial charge in [-0.05, 0) is 51.5 Å². The Balaban J connectivity index is 1.88. The van der Waals surface area contributed by atoms with E-state index in [4.69, 9.17) is 0 Å². The first-order chi connectivity index (χ1) is 16.1. The maximum atomic E-state index is 13.6. The molecule has 35 heavy (non-hydrogen) atoms. The number of aromatic nitrogens is 1. The minimum Gasteiger partial charge on any atom is -0.343 e. The average molecular weight is 492 g/mol. The summed E-state index contributed by atoms with van der Waals surface area (Å²) in [4.78, 5) is 42.9. The van der Waals surface area contributed by atoms with Gasteiger partial charge in [-0.25, -0.2) is 4.39 Å². The summed E-state index contributed by atoms with van der Waals surface area (Å²) in [6.07, 6.45) is -0.814. The van der Waals surface area contributed by atoms with Crippen LogP contribution in [0.5, 0.6) is 0 Å². The fraction of sp³-hybridized carbons (Fsp3) is 0.333. The molecule has 0 aliphatic carbocycles. The van der Waals surface area contributed by atoms with Crippen LogP contribution in [0, 0.1) is 19.7 Å². The monoisotopic (exact) mass is 492 g/mol. The van der Waals surface area contributed by atoms with Gasteiger partial charge in [-0.1, -0.05) is 6.08 Å². The van der Waals surface area contributed by atoms with Crippen molar-refractivity contribution < 1.29 is 31.9 Å². The molecule has 186 valence electrons. The predicted molar refractivity (Wildman–Crippen MR) is 122 cm³/mol. The molecule has 0 radical (unpaired) electrons. The zero-order valence-corrected chi connectivity index (χ0v) is 19.7. The number of carbonyl (C=O) groups is 3. The van der Waals surface area contributed by atoms with Gasteiger partial charge in [0, 0.05) is 31.1 Å². The van der Waals surface area contributed by atoms with Crippen LogP contribution in [-0.2, 0) is 18.0 Å². The van der Waals surface area contributed by atoms with Gasteiger partial charge < -0.3 is 15.2 Å². The van der Waals surface area contributed by atoms with Crippen LogP contribution in [0.4, 0.5) is 23.2 Å². The van der Waals surface area contributed by atoms with Crippen LogP contribution in [0.1, 0.15) is 57.9 Å². The first-order valence-electron chi connectivity index (χ1n) is 10.6. The van der Waals surface area contributed by atoms with E-state index in [2.05, 4.69) is 15.6 Å². The Morgan fingerprint density at radius 2 is 1.77 bits per heavy atom. The fourth-order valence-electron chi connectivity index (χ4n) is 3.95. The highest BCUT2D eigenvalue weighted by Crippen LogP contribution is 2.33. The highest BCUT2D eigenvalue weighted by Gasteiger charge is 2.35. The van der Waals surface area contributed by atoms with E-state index < -0.39 is 40.7 Å². The van der Waals surface area contributed by atoms with Crippen LogP contribution in [-0.4, -0.2) is 33.9 Å². The number of carbonyl (C=O) groups excluding carboxylic acids is 3. The Morgan fingerprint density at radius 1 is 1.11 bits per heavy atom. The van der Waals surface area contributed by atoms with E-state index in [1.165, 1.54) is 18.5 Å². The molecule has 0 spiro atoms. The van der Waals surface area contributed by atoms with E-state index in [-0.39, 0.29) is 22.5 Å². The number of halogens is 4. The number of anilines is 1. The van der Waals surface area contributed by atoms with Crippen LogP contribution in [0.15, 0.2) is 35.0 Å². The Labute approximate surface area is 198 Å². The van der Waals surface area contributed by atoms with Gasteiger partial charge in [0.25, 0.3) is 17.6 Å². The highest BCUT2D eigenvalue weighted by molar-refractivity contribution is 6.43. The molecule has 1 aliphatic rings. The van der Waals surface area contributed by atoms with Crippen LogP contribution >= 0.6 is 0 Å². The van der Waals surface area contributed by atoms with Gasteiger partial charge in [0.15, 0.2) is 0 Å². The SMILES string of the molecule is Cc1c(C(=O)C(=O)NC(C)(C)C2=CCC=N2)c(C)n(C)c1C(=O)Nc1ccc(F)c(C(F)(F)F)c1. The van der Waals surface area contributed by atoms with Gasteiger partial charge in [0.05, 0.1) is 22.4 Å². The molecule has 0 atom stereocenters. The molecule has 1 aromatic heterocycles. The van der Waals surface area contributed by atoms with Gasteiger partial charge in [-0.15, -0.1) is 0 Å². The number of hydrogen-bond donors (Lipinski definition) is 2. The molecule has 2 aromatic rings. The van der Waals surface area contributed by atoms with Crippen molar-refractivity contribution in [2.45, 2.75) is 45.8 Å². The molecule has 11 heteroatoms. The van der Waals surface area contributed by atoms with E-state index in [0.29, 0.717) is 29.9 Å². The molecule has 1 aromatic carbocycles. The summed E-state index contributed by atoms with van der Waals surface area (Å²) in [7, 11) is 1.49. The molecular formula is C24H24F4N4O3. The van der Waals surface area contributed by atoms with E-state index in [1.54, 1.807) is 27.0 Å². The summed E-state index contributed by atoms with van der Waals surface area (Å²) >= 11 is 0. The molecule has 2 heterocycles. The van der Waals surface area contributed by atoms with E-state index >= 15 is 0 Å². The number of nitrogens with zero attached hydrogens (tertiary/aromatic N) is 2. The Hall–Kier alpha value is -3.76. The molecule has 2 N–H and O–H groups in total. The number of rotatable bonds is 6. The summed E-state index contributed by atoms with van der Waals surface area (Å²) in [5.41, 5.74) is -1.63. The summed E-state index contributed by atoms with van der Waals surface area (Å²) in [6, 6.07) is 2.09. The summed E-state index contributed by atoms with van der Waals surface area (Å²) in [5, 5.41) is 4.95. The van der Waals surface area contributed by atoms with Crippen molar-refractivity contribution in [1.29, 1.82) is 0 Å². The number of hydrogen-bond acceptors (Lipinski definition) is 4. The Bertz CT molecular complexity index is 1290. The summed E-state index contributed by atoms with van der Waals surface area (Å²) in [6.45, 7) is 6.41. The van der Waals surface area contributed by atoms with Crippen LogP contribution in [0.2, 0.25) is 0 Å². The lowest BCUT2D eigenvalue weighted by Gasteiger charge is -2.25. The minimum absolute atomic E-state index is 0.00457. The second-order valence-corrected chi connectivity index (χ2v) is 8.68. The number of aliphatic imine (C=N–C) groups is 1. The fourth-order valence-corrected chi connectivity index (χ4v) is 3.95. The number of allylic oxidation sites excluding steroid dienone is 1. The lowest BCUT2D eigenvalue weighted by atomic mass is 9.98. The van der Waals surface area contributed by atoms with Gasteiger partial charge in [-0.3, -0.25) is 19.4 Å². The lowest BCUT2D eigenvalue weighted by Crippen LogP contribution is -2.47. The molecule has 3 rings (SSSR count). The highest BCUT2D eigenvalue weighted by atomic mass is 19.4. The van der Waals surface area contributed by atoms with Crippen molar-refractivity contribution in [3.05, 3.63) is 63.9 Å². The number of amides is 2. The van der Waals surface area contributed by atoms with Crippen LogP contribution in [0.25, 0.3) is 0 Å². The molecular weight excluding hydrogens is 468 g/mol. The standard InChI is InChI=1S/C24H24F4N4O3/c1-12-18(20(33)22(35)31-23(3,4)17-7-6-10-29-17)13(2)32(5)19(12)21(34)30-14-8-9-16(25)15(11-14)24(26,27)28/h7-11H,6H2,1-5H3,(H,30,34)(H,31,35). The first kappa shape index (κ1) is 25.9. The van der Waals surface area contributed by atoms with E-state index in [0.717, 1.165) is 6.07 Å². The van der Waals surface area contributed by atoms with Gasteiger partial charge in [0.2, 0.25) is 0 Å². The molecule has 0 unspecified atom stereocenters. The number of ketones is 1. The summed E-state index contributed by atoms with van der Waals surface area (Å²) < 4.78 is 54.0.